The van der Waals surface area contributed by atoms with Gasteiger partial charge in [0.15, 0.2) is 0 Å². The van der Waals surface area contributed by atoms with Crippen LogP contribution < -0.4 is 15.0 Å². The minimum atomic E-state index is -1.09. The van der Waals surface area contributed by atoms with Gasteiger partial charge in [-0.15, -0.1) is 0 Å². The zero-order valence-electron chi connectivity index (χ0n) is 34.2. The molecular weight excluding hydrogens is 694 g/mol. The van der Waals surface area contributed by atoms with Crippen molar-refractivity contribution >= 4 is 23.7 Å². The van der Waals surface area contributed by atoms with Gasteiger partial charge in [0.2, 0.25) is 12.2 Å². The molecule has 13 heteroatoms. The lowest BCUT2D eigenvalue weighted by atomic mass is 9.76. The number of hydrogen-bond acceptors (Lipinski definition) is 11. The lowest BCUT2D eigenvalue weighted by molar-refractivity contribution is -0.171. The van der Waals surface area contributed by atoms with Gasteiger partial charge in [-0.1, -0.05) is 51.5 Å². The van der Waals surface area contributed by atoms with E-state index in [2.05, 4.69) is 35.4 Å². The van der Waals surface area contributed by atoms with Gasteiger partial charge in [0.1, 0.15) is 12.4 Å². The summed E-state index contributed by atoms with van der Waals surface area (Å²) in [4.78, 5) is 43.2. The third kappa shape index (κ3) is 13.6. The van der Waals surface area contributed by atoms with Gasteiger partial charge >= 0.3 is 12.1 Å². The first kappa shape index (κ1) is 44.7. The van der Waals surface area contributed by atoms with Crippen molar-refractivity contribution in [2.75, 3.05) is 78.8 Å². The van der Waals surface area contributed by atoms with Crippen molar-refractivity contribution in [3.8, 4) is 5.75 Å². The van der Waals surface area contributed by atoms with Crippen molar-refractivity contribution in [3.63, 3.8) is 0 Å². The fourth-order valence-corrected chi connectivity index (χ4v) is 6.73. The number of amides is 2. The number of anilines is 1. The highest BCUT2D eigenvalue weighted by Crippen LogP contribution is 2.38. The first-order valence-corrected chi connectivity index (χ1v) is 19.1. The van der Waals surface area contributed by atoms with Crippen LogP contribution in [0, 0.1) is 17.3 Å². The van der Waals surface area contributed by atoms with Crippen LogP contribution in [0.5, 0.6) is 5.75 Å². The number of nitrogens with zero attached hydrogens (tertiary/aromatic N) is 2. The largest absolute Gasteiger partial charge is 0.490 e. The molecule has 1 N–H and O–H groups in total. The van der Waals surface area contributed by atoms with Gasteiger partial charge in [0, 0.05) is 58.7 Å². The standard InChI is InChI=1S/C41H65N3O10/c1-28(2)38(45)53-31(5)54-40(47)44-25-37(52-27-32-14-15-36-35(22-32)43(17-19-51-36)16-11-18-48-9)34(23-33(44)24-41(6,7)39(46)42-8)30(4)13-12-29(3)26-50-21-20-49-10/h12-15,22,28,31,33-34,37H,11,16-21,23-27H2,1-10H3,(H,42,46)/b29-12+,30-13+/t31?,33-,34+,37-/m0/s1. The summed E-state index contributed by atoms with van der Waals surface area (Å²) in [5.41, 5.74) is 3.34. The molecule has 0 spiro atoms. The van der Waals surface area contributed by atoms with Crippen LogP contribution in [0.25, 0.3) is 0 Å². The highest BCUT2D eigenvalue weighted by atomic mass is 16.7. The average molecular weight is 760 g/mol. The van der Waals surface area contributed by atoms with Crippen molar-refractivity contribution in [1.82, 2.24) is 10.2 Å². The van der Waals surface area contributed by atoms with E-state index in [1.165, 1.54) is 6.92 Å². The number of esters is 1. The van der Waals surface area contributed by atoms with Gasteiger partial charge < -0.3 is 48.3 Å². The lowest BCUT2D eigenvalue weighted by Crippen LogP contribution is -2.56. The molecule has 54 heavy (non-hydrogen) atoms. The molecule has 2 aliphatic rings. The van der Waals surface area contributed by atoms with E-state index < -0.39 is 29.9 Å². The van der Waals surface area contributed by atoms with Crippen LogP contribution in [0.4, 0.5) is 10.5 Å². The Balaban J connectivity index is 1.95. The van der Waals surface area contributed by atoms with Crippen LogP contribution in [-0.2, 0) is 44.6 Å². The van der Waals surface area contributed by atoms with Crippen LogP contribution in [0.15, 0.2) is 41.5 Å². The number of fused-ring (bicyclic) bond motifs is 1. The number of methoxy groups -OCH3 is 2. The molecule has 4 atom stereocenters. The summed E-state index contributed by atoms with van der Waals surface area (Å²) in [5.74, 6) is -0.225. The molecule has 0 saturated carbocycles. The molecule has 0 bridgehead atoms. The van der Waals surface area contributed by atoms with Crippen LogP contribution in [0.3, 0.4) is 0 Å². The molecule has 1 unspecified atom stereocenters. The molecular formula is C41H65N3O10. The Kier molecular flexibility index (Phi) is 18.3. The molecule has 304 valence electrons. The van der Waals surface area contributed by atoms with Gasteiger partial charge in [-0.25, -0.2) is 4.79 Å². The molecule has 1 saturated heterocycles. The van der Waals surface area contributed by atoms with E-state index in [0.717, 1.165) is 47.7 Å². The quantitative estimate of drug-likeness (QED) is 0.0738. The predicted octanol–water partition coefficient (Wildman–Crippen LogP) is 5.90. The summed E-state index contributed by atoms with van der Waals surface area (Å²) in [6.45, 7) is 17.8. The van der Waals surface area contributed by atoms with E-state index in [1.54, 1.807) is 40.0 Å². The van der Waals surface area contributed by atoms with Gasteiger partial charge in [-0.2, -0.15) is 0 Å². The Bertz CT molecular complexity index is 1430. The summed E-state index contributed by atoms with van der Waals surface area (Å²) >= 11 is 0. The SMILES string of the molecule is CNC(=O)C(C)(C)C[C@@H]1C[C@H](/C(C)=C/C=C(\C)COCCOC)[C@@H](OCc2ccc3c(c2)N(CCCOC)CCO3)CN1C(=O)OC(C)OC(=O)C(C)C. The van der Waals surface area contributed by atoms with Crippen LogP contribution in [-0.4, -0.2) is 115 Å². The fraction of sp³-hybridized carbons (Fsp3) is 0.683. The molecule has 3 rings (SSSR count). The lowest BCUT2D eigenvalue weighted by Gasteiger charge is -2.45. The third-order valence-corrected chi connectivity index (χ3v) is 9.84. The van der Waals surface area contributed by atoms with Crippen molar-refractivity contribution in [2.45, 2.75) is 92.8 Å². The van der Waals surface area contributed by atoms with Crippen LogP contribution >= 0.6 is 0 Å². The maximum Gasteiger partial charge on any atom is 0.413 e. The summed E-state index contributed by atoms with van der Waals surface area (Å²) in [5, 5.41) is 2.77. The second-order valence-corrected chi connectivity index (χ2v) is 15.2. The van der Waals surface area contributed by atoms with E-state index >= 15 is 0 Å². The number of ether oxygens (including phenoxy) is 7. The molecule has 0 aromatic heterocycles. The summed E-state index contributed by atoms with van der Waals surface area (Å²) in [6.07, 6.45) is 3.80. The smallest absolute Gasteiger partial charge is 0.413 e. The number of allylic oxidation sites excluding steroid dienone is 2. The summed E-state index contributed by atoms with van der Waals surface area (Å²) < 4.78 is 39.9. The normalized spacial score (nSPS) is 19.9. The van der Waals surface area contributed by atoms with Gasteiger partial charge in [-0.3, -0.25) is 9.59 Å². The molecule has 0 aliphatic carbocycles. The highest BCUT2D eigenvalue weighted by molar-refractivity contribution is 5.81. The Hall–Kier alpha value is -3.65. The number of benzene rings is 1. The summed E-state index contributed by atoms with van der Waals surface area (Å²) in [6, 6.07) is 5.74. The molecule has 2 heterocycles. The second kappa shape index (κ2) is 22.0. The first-order chi connectivity index (χ1) is 25.7. The zero-order valence-corrected chi connectivity index (χ0v) is 34.2. The molecule has 1 aromatic carbocycles. The number of carbonyl (C=O) groups is 3. The Morgan fingerprint density at radius 2 is 1.78 bits per heavy atom. The monoisotopic (exact) mass is 759 g/mol. The third-order valence-electron chi connectivity index (χ3n) is 9.84. The molecule has 1 fully saturated rings. The number of likely N-dealkylation sites (tertiary alicyclic amines) is 1. The molecule has 1 aromatic rings. The molecule has 2 amide bonds. The van der Waals surface area contributed by atoms with Crippen LogP contribution in [0.1, 0.15) is 73.3 Å². The van der Waals surface area contributed by atoms with E-state index in [4.69, 9.17) is 33.2 Å². The van der Waals surface area contributed by atoms with Gasteiger partial charge in [-0.05, 0) is 56.4 Å². The minimum Gasteiger partial charge on any atom is -0.490 e. The zero-order chi connectivity index (χ0) is 39.8. The Labute approximate surface area is 322 Å². The van der Waals surface area contributed by atoms with E-state index in [-0.39, 0.29) is 30.3 Å². The number of carbonyl (C=O) groups excluding carboxylic acids is 3. The molecule has 13 nitrogen and oxygen atoms in total. The fourth-order valence-electron chi connectivity index (χ4n) is 6.73. The number of piperidine rings is 1. The highest BCUT2D eigenvalue weighted by Gasteiger charge is 2.44. The van der Waals surface area contributed by atoms with E-state index in [9.17, 15) is 14.4 Å². The van der Waals surface area contributed by atoms with E-state index in [0.29, 0.717) is 52.5 Å². The minimum absolute atomic E-state index is 0.0966. The number of rotatable bonds is 20. The molecule has 0 radical (unpaired) electrons. The van der Waals surface area contributed by atoms with Crippen molar-refractivity contribution < 1.29 is 47.5 Å². The Morgan fingerprint density at radius 1 is 1.04 bits per heavy atom. The van der Waals surface area contributed by atoms with Crippen molar-refractivity contribution in [2.24, 2.45) is 17.3 Å². The maximum atomic E-state index is 13.9. The number of nitrogens with one attached hydrogen (secondary N) is 1. The van der Waals surface area contributed by atoms with Crippen molar-refractivity contribution in [3.05, 3.63) is 47.1 Å². The van der Waals surface area contributed by atoms with Gasteiger partial charge in [0.25, 0.3) is 0 Å². The Morgan fingerprint density at radius 3 is 2.46 bits per heavy atom. The van der Waals surface area contributed by atoms with E-state index in [1.807, 2.05) is 32.9 Å². The molecule has 2 aliphatic heterocycles. The predicted molar refractivity (Wildman–Crippen MR) is 207 cm³/mol. The van der Waals surface area contributed by atoms with Crippen LogP contribution in [0.2, 0.25) is 0 Å². The first-order valence-electron chi connectivity index (χ1n) is 19.1. The number of hydrogen-bond donors (Lipinski definition) is 1. The average Bonchev–Trinajstić information content (AvgIpc) is 3.14. The van der Waals surface area contributed by atoms with Crippen molar-refractivity contribution in [1.29, 1.82) is 0 Å². The van der Waals surface area contributed by atoms with Gasteiger partial charge in [0.05, 0.1) is 57.2 Å². The summed E-state index contributed by atoms with van der Waals surface area (Å²) in [7, 11) is 4.97. The maximum absolute atomic E-state index is 13.9. The second-order valence-electron chi connectivity index (χ2n) is 15.2. The topological polar surface area (TPSA) is 134 Å².